The summed E-state index contributed by atoms with van der Waals surface area (Å²) in [5, 5.41) is 26.3. The second-order valence-electron chi connectivity index (χ2n) is 5.10. The number of aryl methyl sites for hydroxylation is 1. The molecule has 0 radical (unpaired) electrons. The zero-order valence-electron chi connectivity index (χ0n) is 11.5. The summed E-state index contributed by atoms with van der Waals surface area (Å²) < 4.78 is 1.57. The Hall–Kier alpha value is -2.32. The molecule has 1 saturated heterocycles. The molecule has 1 aromatic carbocycles. The summed E-state index contributed by atoms with van der Waals surface area (Å²) in [6.45, 7) is 2.37. The molecule has 0 saturated carbocycles. The summed E-state index contributed by atoms with van der Waals surface area (Å²) in [7, 11) is 0. The van der Waals surface area contributed by atoms with Crippen LogP contribution in [-0.4, -0.2) is 49.9 Å². The van der Waals surface area contributed by atoms with E-state index in [2.05, 4.69) is 26.2 Å². The van der Waals surface area contributed by atoms with Crippen LogP contribution in [0, 0.1) is 6.92 Å². The van der Waals surface area contributed by atoms with Crippen LogP contribution in [0.3, 0.4) is 0 Å². The lowest BCUT2D eigenvalue weighted by molar-refractivity contribution is -0.117. The standard InChI is InChI=1S/C13H16N6O2/c1-8-4-9(2-3-12(8)19-7-15-17-18-19)16-13(21)11-5-10(20)6-14-11/h2-4,7,10-11,14,20H,5-6H2,1H3,(H,16,21). The predicted octanol–water partition coefficient (Wildman–Crippen LogP) is -0.368. The highest BCUT2D eigenvalue weighted by molar-refractivity contribution is 5.95. The molecule has 110 valence electrons. The van der Waals surface area contributed by atoms with Crippen LogP contribution in [0.5, 0.6) is 0 Å². The lowest BCUT2D eigenvalue weighted by atomic mass is 10.1. The third-order valence-corrected chi connectivity index (χ3v) is 3.48. The first kappa shape index (κ1) is 13.7. The van der Waals surface area contributed by atoms with Gasteiger partial charge < -0.3 is 15.7 Å². The van der Waals surface area contributed by atoms with Crippen molar-refractivity contribution in [1.82, 2.24) is 25.5 Å². The van der Waals surface area contributed by atoms with Gasteiger partial charge in [-0.1, -0.05) is 0 Å². The summed E-state index contributed by atoms with van der Waals surface area (Å²) in [4.78, 5) is 12.1. The van der Waals surface area contributed by atoms with Crippen molar-refractivity contribution in [2.24, 2.45) is 0 Å². The molecular weight excluding hydrogens is 272 g/mol. The van der Waals surface area contributed by atoms with Crippen LogP contribution in [-0.2, 0) is 4.79 Å². The topological polar surface area (TPSA) is 105 Å². The van der Waals surface area contributed by atoms with Crippen molar-refractivity contribution in [2.75, 3.05) is 11.9 Å². The largest absolute Gasteiger partial charge is 0.392 e. The molecule has 2 atom stereocenters. The molecule has 8 nitrogen and oxygen atoms in total. The van der Waals surface area contributed by atoms with Crippen molar-refractivity contribution in [3.8, 4) is 5.69 Å². The van der Waals surface area contributed by atoms with Gasteiger partial charge in [0.1, 0.15) is 6.33 Å². The summed E-state index contributed by atoms with van der Waals surface area (Å²) in [5.41, 5.74) is 2.50. The molecule has 1 aromatic heterocycles. The summed E-state index contributed by atoms with van der Waals surface area (Å²) in [5.74, 6) is -0.138. The molecule has 21 heavy (non-hydrogen) atoms. The molecule has 1 fully saturated rings. The molecule has 2 aromatic rings. The van der Waals surface area contributed by atoms with E-state index in [0.29, 0.717) is 18.7 Å². The van der Waals surface area contributed by atoms with Crippen molar-refractivity contribution in [3.63, 3.8) is 0 Å². The Labute approximate surface area is 121 Å². The maximum atomic E-state index is 12.1. The van der Waals surface area contributed by atoms with E-state index in [1.165, 1.54) is 6.33 Å². The quantitative estimate of drug-likeness (QED) is 0.712. The molecule has 2 unspecified atom stereocenters. The fourth-order valence-electron chi connectivity index (χ4n) is 2.41. The van der Waals surface area contributed by atoms with Gasteiger partial charge in [-0.2, -0.15) is 0 Å². The Balaban J connectivity index is 1.72. The van der Waals surface area contributed by atoms with Crippen molar-refractivity contribution in [1.29, 1.82) is 0 Å². The Morgan fingerprint density at radius 3 is 3.00 bits per heavy atom. The van der Waals surface area contributed by atoms with Crippen molar-refractivity contribution < 1.29 is 9.90 Å². The van der Waals surface area contributed by atoms with E-state index in [0.717, 1.165) is 11.3 Å². The highest BCUT2D eigenvalue weighted by Gasteiger charge is 2.27. The number of hydrogen-bond acceptors (Lipinski definition) is 6. The third-order valence-electron chi connectivity index (χ3n) is 3.48. The Morgan fingerprint density at radius 2 is 2.38 bits per heavy atom. The zero-order valence-corrected chi connectivity index (χ0v) is 11.5. The Bertz CT molecular complexity index is 642. The van der Waals surface area contributed by atoms with E-state index in [4.69, 9.17) is 0 Å². The molecule has 1 aliphatic rings. The number of anilines is 1. The molecule has 3 rings (SSSR count). The number of aliphatic hydroxyl groups is 1. The third kappa shape index (κ3) is 2.91. The molecule has 0 aliphatic carbocycles. The summed E-state index contributed by atoms with van der Waals surface area (Å²) in [6.07, 6.45) is 1.50. The van der Waals surface area contributed by atoms with E-state index in [1.54, 1.807) is 10.7 Å². The van der Waals surface area contributed by atoms with Gasteiger partial charge >= 0.3 is 0 Å². The maximum absolute atomic E-state index is 12.1. The second-order valence-corrected chi connectivity index (χ2v) is 5.10. The second kappa shape index (κ2) is 5.58. The zero-order chi connectivity index (χ0) is 14.8. The van der Waals surface area contributed by atoms with Crippen LogP contribution in [0.2, 0.25) is 0 Å². The normalized spacial score (nSPS) is 21.4. The van der Waals surface area contributed by atoms with Gasteiger partial charge in [-0.3, -0.25) is 4.79 Å². The average molecular weight is 288 g/mol. The molecular formula is C13H16N6O2. The fraction of sp³-hybridized carbons (Fsp3) is 0.385. The maximum Gasteiger partial charge on any atom is 0.241 e. The van der Waals surface area contributed by atoms with Gasteiger partial charge in [0.25, 0.3) is 0 Å². The first-order valence-electron chi connectivity index (χ1n) is 6.70. The minimum Gasteiger partial charge on any atom is -0.392 e. The van der Waals surface area contributed by atoms with Crippen molar-refractivity contribution in [3.05, 3.63) is 30.1 Å². The van der Waals surface area contributed by atoms with Gasteiger partial charge in [-0.05, 0) is 47.5 Å². The average Bonchev–Trinajstić information content (AvgIpc) is 3.10. The van der Waals surface area contributed by atoms with Gasteiger partial charge in [0.15, 0.2) is 0 Å². The number of carbonyl (C=O) groups is 1. The van der Waals surface area contributed by atoms with Crippen LogP contribution in [0.1, 0.15) is 12.0 Å². The van der Waals surface area contributed by atoms with E-state index in [9.17, 15) is 9.90 Å². The Morgan fingerprint density at radius 1 is 1.52 bits per heavy atom. The molecule has 0 spiro atoms. The monoisotopic (exact) mass is 288 g/mol. The first-order chi connectivity index (χ1) is 10.1. The minimum absolute atomic E-state index is 0.138. The molecule has 2 heterocycles. The highest BCUT2D eigenvalue weighted by Crippen LogP contribution is 2.18. The Kier molecular flexibility index (Phi) is 3.63. The summed E-state index contributed by atoms with van der Waals surface area (Å²) >= 11 is 0. The number of aromatic nitrogens is 4. The number of tetrazole rings is 1. The number of β-amino-alcohol motifs (C(OH)–C–C–N with tert-alkyl or cyclic N) is 1. The molecule has 1 aliphatic heterocycles. The number of hydrogen-bond donors (Lipinski definition) is 3. The van der Waals surface area contributed by atoms with Crippen LogP contribution in [0.15, 0.2) is 24.5 Å². The fourth-order valence-corrected chi connectivity index (χ4v) is 2.41. The van der Waals surface area contributed by atoms with Crippen LogP contribution < -0.4 is 10.6 Å². The van der Waals surface area contributed by atoms with Crippen LogP contribution in [0.4, 0.5) is 5.69 Å². The minimum atomic E-state index is -0.454. The smallest absolute Gasteiger partial charge is 0.241 e. The van der Waals surface area contributed by atoms with Crippen molar-refractivity contribution >= 4 is 11.6 Å². The van der Waals surface area contributed by atoms with E-state index in [1.807, 2.05) is 19.1 Å². The summed E-state index contributed by atoms with van der Waals surface area (Å²) in [6, 6.07) is 5.16. The molecule has 0 bridgehead atoms. The van der Waals surface area contributed by atoms with Crippen LogP contribution >= 0.6 is 0 Å². The number of rotatable bonds is 3. The van der Waals surface area contributed by atoms with Crippen LogP contribution in [0.25, 0.3) is 5.69 Å². The number of amides is 1. The number of carbonyl (C=O) groups excluding carboxylic acids is 1. The predicted molar refractivity (Wildman–Crippen MR) is 74.9 cm³/mol. The van der Waals surface area contributed by atoms with Gasteiger partial charge in [-0.15, -0.1) is 5.10 Å². The number of nitrogens with one attached hydrogen (secondary N) is 2. The van der Waals surface area contributed by atoms with E-state index < -0.39 is 6.10 Å². The molecule has 8 heteroatoms. The number of aliphatic hydroxyl groups excluding tert-OH is 1. The van der Waals surface area contributed by atoms with Gasteiger partial charge in [0.05, 0.1) is 17.8 Å². The number of benzene rings is 1. The van der Waals surface area contributed by atoms with Crippen molar-refractivity contribution in [2.45, 2.75) is 25.5 Å². The first-order valence-corrected chi connectivity index (χ1v) is 6.70. The highest BCUT2D eigenvalue weighted by atomic mass is 16.3. The van der Waals surface area contributed by atoms with E-state index >= 15 is 0 Å². The van der Waals surface area contributed by atoms with E-state index in [-0.39, 0.29) is 11.9 Å². The van der Waals surface area contributed by atoms with Gasteiger partial charge in [0.2, 0.25) is 5.91 Å². The molecule has 3 N–H and O–H groups in total. The SMILES string of the molecule is Cc1cc(NC(=O)C2CC(O)CN2)ccc1-n1cnnn1. The number of nitrogens with zero attached hydrogens (tertiary/aromatic N) is 4. The lowest BCUT2D eigenvalue weighted by Gasteiger charge is -2.12. The molecule has 1 amide bonds. The van der Waals surface area contributed by atoms with Gasteiger partial charge in [-0.25, -0.2) is 4.68 Å². The lowest BCUT2D eigenvalue weighted by Crippen LogP contribution is -2.35. The van der Waals surface area contributed by atoms with Gasteiger partial charge in [0, 0.05) is 12.2 Å².